The first-order valence-electron chi connectivity index (χ1n) is 7.01. The van der Waals surface area contributed by atoms with Gasteiger partial charge < -0.3 is 20.1 Å². The minimum Gasteiger partial charge on any atom is -0.449 e. The summed E-state index contributed by atoms with van der Waals surface area (Å²) in [4.78, 5) is 12.2. The molecule has 2 unspecified atom stereocenters. The largest absolute Gasteiger partial charge is 0.449 e. The fraction of sp³-hybridized carbons (Fsp3) is 0.533. The van der Waals surface area contributed by atoms with E-state index in [4.69, 9.17) is 9.47 Å². The summed E-state index contributed by atoms with van der Waals surface area (Å²) < 4.78 is 11.3. The van der Waals surface area contributed by atoms with Gasteiger partial charge in [-0.1, -0.05) is 6.92 Å². The van der Waals surface area contributed by atoms with Gasteiger partial charge in [0.25, 0.3) is 0 Å². The van der Waals surface area contributed by atoms with Crippen molar-refractivity contribution in [1.29, 1.82) is 0 Å². The highest BCUT2D eigenvalue weighted by Gasteiger charge is 2.32. The molecule has 0 saturated carbocycles. The molecular formula is C15H20N2O3. The second-order valence-electron chi connectivity index (χ2n) is 5.95. The lowest BCUT2D eigenvalue weighted by Crippen LogP contribution is -2.39. The van der Waals surface area contributed by atoms with E-state index in [2.05, 4.69) is 17.6 Å². The van der Waals surface area contributed by atoms with Gasteiger partial charge in [-0.25, -0.2) is 0 Å². The van der Waals surface area contributed by atoms with Gasteiger partial charge in [-0.3, -0.25) is 4.79 Å². The lowest BCUT2D eigenvalue weighted by atomic mass is 10.0. The van der Waals surface area contributed by atoms with Crippen molar-refractivity contribution in [2.75, 3.05) is 11.9 Å². The van der Waals surface area contributed by atoms with Crippen molar-refractivity contribution in [2.24, 2.45) is 5.92 Å². The van der Waals surface area contributed by atoms with Crippen molar-refractivity contribution in [1.82, 2.24) is 5.32 Å². The number of rotatable bonds is 2. The molecule has 0 bridgehead atoms. The van der Waals surface area contributed by atoms with Crippen LogP contribution in [0.25, 0.3) is 0 Å². The first-order valence-corrected chi connectivity index (χ1v) is 7.01. The van der Waals surface area contributed by atoms with Gasteiger partial charge in [0.15, 0.2) is 11.5 Å². The Bertz CT molecular complexity index is 542. The molecule has 3 rings (SSSR count). The van der Waals surface area contributed by atoms with Crippen LogP contribution in [-0.4, -0.2) is 24.3 Å². The van der Waals surface area contributed by atoms with Crippen LogP contribution in [0.2, 0.25) is 0 Å². The number of benzene rings is 1. The predicted octanol–water partition coefficient (Wildman–Crippen LogP) is 2.13. The minimum atomic E-state index is -0.646. The molecule has 2 atom stereocenters. The lowest BCUT2D eigenvalue weighted by molar-refractivity contribution is -0.118. The standard InChI is InChI=1S/C15H20N2O3/c1-9-6-7-16-13(9)14(18)17-10-4-5-11-12(8-10)20-15(2,3)19-11/h4-5,8-9,13,16H,6-7H2,1-3H3,(H,17,18). The molecule has 1 aromatic rings. The molecule has 1 fully saturated rings. The highest BCUT2D eigenvalue weighted by Crippen LogP contribution is 2.40. The number of carbonyl (C=O) groups excluding carboxylic acids is 1. The third kappa shape index (κ3) is 2.45. The van der Waals surface area contributed by atoms with E-state index < -0.39 is 5.79 Å². The normalized spacial score (nSPS) is 26.6. The minimum absolute atomic E-state index is 0.00752. The Balaban J connectivity index is 1.72. The van der Waals surface area contributed by atoms with Crippen molar-refractivity contribution in [2.45, 2.75) is 39.0 Å². The molecule has 5 nitrogen and oxygen atoms in total. The SMILES string of the molecule is CC1CCNC1C(=O)Nc1ccc2c(c1)OC(C)(C)O2. The van der Waals surface area contributed by atoms with Crippen LogP contribution in [-0.2, 0) is 4.79 Å². The third-order valence-corrected chi connectivity index (χ3v) is 3.74. The Kier molecular flexibility index (Phi) is 3.09. The van der Waals surface area contributed by atoms with Crippen molar-refractivity contribution in [3.63, 3.8) is 0 Å². The molecule has 1 aromatic carbocycles. The van der Waals surface area contributed by atoms with Crippen molar-refractivity contribution >= 4 is 11.6 Å². The fourth-order valence-corrected chi connectivity index (χ4v) is 2.71. The quantitative estimate of drug-likeness (QED) is 0.868. The summed E-state index contributed by atoms with van der Waals surface area (Å²) in [5.74, 6) is 1.10. The smallest absolute Gasteiger partial charge is 0.246 e. The number of hydrogen-bond acceptors (Lipinski definition) is 4. The van der Waals surface area contributed by atoms with Crippen LogP contribution in [0.1, 0.15) is 27.2 Å². The van der Waals surface area contributed by atoms with E-state index in [9.17, 15) is 4.79 Å². The maximum Gasteiger partial charge on any atom is 0.246 e. The molecule has 5 heteroatoms. The van der Waals surface area contributed by atoms with Gasteiger partial charge in [0.05, 0.1) is 6.04 Å². The fourth-order valence-electron chi connectivity index (χ4n) is 2.71. The molecule has 20 heavy (non-hydrogen) atoms. The Morgan fingerprint density at radius 1 is 1.35 bits per heavy atom. The van der Waals surface area contributed by atoms with E-state index in [-0.39, 0.29) is 11.9 Å². The number of amides is 1. The van der Waals surface area contributed by atoms with Crippen LogP contribution in [0, 0.1) is 5.92 Å². The van der Waals surface area contributed by atoms with Gasteiger partial charge in [0.1, 0.15) is 0 Å². The molecule has 2 N–H and O–H groups in total. The number of carbonyl (C=O) groups is 1. The maximum atomic E-state index is 12.2. The molecular weight excluding hydrogens is 256 g/mol. The van der Waals surface area contributed by atoms with Crippen LogP contribution in [0.15, 0.2) is 18.2 Å². The Morgan fingerprint density at radius 2 is 2.10 bits per heavy atom. The van der Waals surface area contributed by atoms with Gasteiger partial charge in [-0.05, 0) is 31.0 Å². The van der Waals surface area contributed by atoms with Crippen LogP contribution >= 0.6 is 0 Å². The van der Waals surface area contributed by atoms with E-state index in [0.717, 1.165) is 18.7 Å². The average Bonchev–Trinajstić information content (AvgIpc) is 2.90. The number of ether oxygens (including phenoxy) is 2. The van der Waals surface area contributed by atoms with Gasteiger partial charge in [0, 0.05) is 25.6 Å². The molecule has 1 saturated heterocycles. The molecule has 0 spiro atoms. The van der Waals surface area contributed by atoms with Crippen molar-refractivity contribution < 1.29 is 14.3 Å². The number of anilines is 1. The molecule has 2 aliphatic rings. The summed E-state index contributed by atoms with van der Waals surface area (Å²) >= 11 is 0. The lowest BCUT2D eigenvalue weighted by Gasteiger charge is -2.16. The molecule has 2 heterocycles. The number of nitrogens with one attached hydrogen (secondary N) is 2. The number of fused-ring (bicyclic) bond motifs is 1. The summed E-state index contributed by atoms with van der Waals surface area (Å²) in [6.45, 7) is 6.70. The third-order valence-electron chi connectivity index (χ3n) is 3.74. The van der Waals surface area contributed by atoms with E-state index in [1.54, 1.807) is 0 Å². The van der Waals surface area contributed by atoms with E-state index in [1.165, 1.54) is 0 Å². The second-order valence-corrected chi connectivity index (χ2v) is 5.95. The molecule has 0 aromatic heterocycles. The van der Waals surface area contributed by atoms with Crippen LogP contribution in [0.5, 0.6) is 11.5 Å². The Morgan fingerprint density at radius 3 is 2.80 bits per heavy atom. The predicted molar refractivity (Wildman–Crippen MR) is 76.0 cm³/mol. The molecule has 0 radical (unpaired) electrons. The summed E-state index contributed by atoms with van der Waals surface area (Å²) in [5, 5.41) is 6.16. The molecule has 108 valence electrons. The summed E-state index contributed by atoms with van der Waals surface area (Å²) in [7, 11) is 0. The average molecular weight is 276 g/mol. The molecule has 2 aliphatic heterocycles. The van der Waals surface area contributed by atoms with Crippen molar-refractivity contribution in [3.05, 3.63) is 18.2 Å². The zero-order valence-corrected chi connectivity index (χ0v) is 12.0. The van der Waals surface area contributed by atoms with Crippen LogP contribution in [0.4, 0.5) is 5.69 Å². The van der Waals surface area contributed by atoms with E-state index >= 15 is 0 Å². The maximum absolute atomic E-state index is 12.2. The Hall–Kier alpha value is -1.75. The topological polar surface area (TPSA) is 59.6 Å². The second kappa shape index (κ2) is 4.66. The monoisotopic (exact) mass is 276 g/mol. The van der Waals surface area contributed by atoms with Gasteiger partial charge in [-0.2, -0.15) is 0 Å². The zero-order chi connectivity index (χ0) is 14.3. The van der Waals surface area contributed by atoms with Crippen molar-refractivity contribution in [3.8, 4) is 11.5 Å². The van der Waals surface area contributed by atoms with Crippen LogP contribution < -0.4 is 20.1 Å². The van der Waals surface area contributed by atoms with Gasteiger partial charge in [0.2, 0.25) is 11.7 Å². The summed E-state index contributed by atoms with van der Waals surface area (Å²) in [5.41, 5.74) is 0.732. The first kappa shape index (κ1) is 13.2. The summed E-state index contributed by atoms with van der Waals surface area (Å²) in [6, 6.07) is 5.35. The zero-order valence-electron chi connectivity index (χ0n) is 12.0. The summed E-state index contributed by atoms with van der Waals surface area (Å²) in [6.07, 6.45) is 1.04. The first-order chi connectivity index (χ1) is 9.44. The van der Waals surface area contributed by atoms with Crippen LogP contribution in [0.3, 0.4) is 0 Å². The Labute approximate surface area is 118 Å². The number of hydrogen-bond donors (Lipinski definition) is 2. The highest BCUT2D eigenvalue weighted by atomic mass is 16.7. The van der Waals surface area contributed by atoms with Gasteiger partial charge in [-0.15, -0.1) is 0 Å². The molecule has 0 aliphatic carbocycles. The van der Waals surface area contributed by atoms with E-state index in [1.807, 2.05) is 32.0 Å². The van der Waals surface area contributed by atoms with Gasteiger partial charge >= 0.3 is 0 Å². The highest BCUT2D eigenvalue weighted by molar-refractivity contribution is 5.95. The van der Waals surface area contributed by atoms with E-state index in [0.29, 0.717) is 17.4 Å². The molecule has 1 amide bonds.